The Hall–Kier alpha value is -0.830. The Morgan fingerprint density at radius 2 is 2.06 bits per heavy atom. The van der Waals surface area contributed by atoms with E-state index in [-0.39, 0.29) is 23.4 Å². The van der Waals surface area contributed by atoms with Crippen LogP contribution in [0, 0.1) is 5.41 Å². The Balaban J connectivity index is 2.73. The highest BCUT2D eigenvalue weighted by molar-refractivity contribution is 5.78. The van der Waals surface area contributed by atoms with Gasteiger partial charge in [-0.1, -0.05) is 39.8 Å². The first kappa shape index (κ1) is 14.2. The van der Waals surface area contributed by atoms with E-state index in [4.69, 9.17) is 5.73 Å². The van der Waals surface area contributed by atoms with Crippen LogP contribution in [0.4, 0.5) is 0 Å². The zero-order valence-corrected chi connectivity index (χ0v) is 11.6. The molecule has 17 heavy (non-hydrogen) atoms. The lowest BCUT2D eigenvalue weighted by molar-refractivity contribution is -0.133. The van der Waals surface area contributed by atoms with E-state index in [2.05, 4.69) is 34.3 Å². The Bertz CT molecular complexity index is 304. The van der Waals surface area contributed by atoms with E-state index in [1.54, 1.807) is 0 Å². The van der Waals surface area contributed by atoms with Crippen molar-refractivity contribution in [2.24, 2.45) is 11.1 Å². The molecule has 3 heteroatoms. The number of nitrogens with two attached hydrogens (primary N) is 1. The van der Waals surface area contributed by atoms with Crippen molar-refractivity contribution >= 4 is 5.91 Å². The largest absolute Gasteiger partial charge is 0.334 e. The zero-order chi connectivity index (χ0) is 13.2. The molecule has 1 aliphatic heterocycles. The minimum absolute atomic E-state index is 0.0296. The first-order chi connectivity index (χ1) is 7.74. The van der Waals surface area contributed by atoms with Gasteiger partial charge in [-0.2, -0.15) is 0 Å². The average Bonchev–Trinajstić information content (AvgIpc) is 2.56. The molecular weight excluding hydrogens is 212 g/mol. The average molecular weight is 238 g/mol. The summed E-state index contributed by atoms with van der Waals surface area (Å²) >= 11 is 0. The molecule has 98 valence electrons. The molecule has 1 rings (SSSR count). The summed E-state index contributed by atoms with van der Waals surface area (Å²) in [5.74, 6) is 0.213. The summed E-state index contributed by atoms with van der Waals surface area (Å²) < 4.78 is 0. The normalized spacial score (nSPS) is 25.1. The second kappa shape index (κ2) is 5.21. The summed E-state index contributed by atoms with van der Waals surface area (Å²) in [6.07, 6.45) is 2.35. The minimum Gasteiger partial charge on any atom is -0.334 e. The maximum Gasteiger partial charge on any atom is 0.223 e. The van der Waals surface area contributed by atoms with Gasteiger partial charge in [-0.05, 0) is 18.3 Å². The van der Waals surface area contributed by atoms with E-state index in [9.17, 15) is 4.79 Å². The Labute approximate surface area is 105 Å². The number of rotatable bonds is 3. The first-order valence-corrected chi connectivity index (χ1v) is 6.47. The molecule has 1 fully saturated rings. The van der Waals surface area contributed by atoms with Crippen molar-refractivity contribution < 1.29 is 4.79 Å². The molecule has 0 bridgehead atoms. The summed E-state index contributed by atoms with van der Waals surface area (Å²) in [5.41, 5.74) is 7.13. The molecule has 0 aromatic carbocycles. The molecule has 0 aromatic rings. The van der Waals surface area contributed by atoms with Crippen LogP contribution in [0.1, 0.15) is 47.0 Å². The molecule has 2 unspecified atom stereocenters. The molecule has 0 spiro atoms. The van der Waals surface area contributed by atoms with Crippen molar-refractivity contribution in [1.29, 1.82) is 0 Å². The van der Waals surface area contributed by atoms with Gasteiger partial charge in [0.2, 0.25) is 5.91 Å². The molecular formula is C14H26N2O. The van der Waals surface area contributed by atoms with Crippen LogP contribution >= 0.6 is 0 Å². The van der Waals surface area contributed by atoms with Crippen molar-refractivity contribution in [1.82, 2.24) is 4.90 Å². The molecule has 1 heterocycles. The fraction of sp³-hybridized carbons (Fsp3) is 0.786. The lowest BCUT2D eigenvalue weighted by atomic mass is 9.91. The number of hydrogen-bond acceptors (Lipinski definition) is 2. The number of nitrogens with zero attached hydrogens (tertiary/aromatic N) is 1. The maximum absolute atomic E-state index is 12.3. The summed E-state index contributed by atoms with van der Waals surface area (Å²) in [6.45, 7) is 13.1. The van der Waals surface area contributed by atoms with E-state index in [1.807, 2.05) is 4.90 Å². The smallest absolute Gasteiger partial charge is 0.223 e. The molecule has 0 saturated carbocycles. The molecule has 3 nitrogen and oxygen atoms in total. The Kier molecular flexibility index (Phi) is 4.36. The number of amides is 1. The number of carbonyl (C=O) groups is 1. The molecule has 0 aromatic heterocycles. The summed E-state index contributed by atoms with van der Waals surface area (Å²) in [6, 6.07) is 0.261. The number of carbonyl (C=O) groups excluding carboxylic acids is 1. The van der Waals surface area contributed by atoms with Gasteiger partial charge in [0.25, 0.3) is 0 Å². The highest BCUT2D eigenvalue weighted by Crippen LogP contribution is 2.28. The van der Waals surface area contributed by atoms with E-state index < -0.39 is 0 Å². The van der Waals surface area contributed by atoms with Crippen molar-refractivity contribution in [3.63, 3.8) is 0 Å². The van der Waals surface area contributed by atoms with Gasteiger partial charge in [0.15, 0.2) is 0 Å². The molecule has 1 amide bonds. The van der Waals surface area contributed by atoms with E-state index in [0.717, 1.165) is 18.4 Å². The van der Waals surface area contributed by atoms with Gasteiger partial charge in [0.1, 0.15) is 0 Å². The second-order valence-corrected chi connectivity index (χ2v) is 6.31. The third kappa shape index (κ3) is 3.84. The van der Waals surface area contributed by atoms with Gasteiger partial charge in [-0.25, -0.2) is 0 Å². The van der Waals surface area contributed by atoms with E-state index in [0.29, 0.717) is 13.0 Å². The predicted molar refractivity (Wildman–Crippen MR) is 71.6 cm³/mol. The van der Waals surface area contributed by atoms with E-state index >= 15 is 0 Å². The lowest BCUT2D eigenvalue weighted by Crippen LogP contribution is -2.39. The molecule has 1 aliphatic rings. The van der Waals surface area contributed by atoms with Crippen LogP contribution < -0.4 is 5.73 Å². The van der Waals surface area contributed by atoms with Crippen LogP contribution in [0.2, 0.25) is 0 Å². The van der Waals surface area contributed by atoms with Gasteiger partial charge in [0.05, 0.1) is 6.04 Å². The van der Waals surface area contributed by atoms with Crippen LogP contribution in [0.5, 0.6) is 0 Å². The van der Waals surface area contributed by atoms with Crippen LogP contribution in [-0.2, 0) is 4.79 Å². The summed E-state index contributed by atoms with van der Waals surface area (Å²) in [5, 5.41) is 0. The molecule has 0 aliphatic carbocycles. The molecule has 2 N–H and O–H groups in total. The van der Waals surface area contributed by atoms with Crippen LogP contribution in [-0.4, -0.2) is 29.4 Å². The molecule has 1 saturated heterocycles. The fourth-order valence-electron chi connectivity index (χ4n) is 2.32. The van der Waals surface area contributed by atoms with Gasteiger partial charge < -0.3 is 10.6 Å². The highest BCUT2D eigenvalue weighted by Gasteiger charge is 2.35. The second-order valence-electron chi connectivity index (χ2n) is 6.31. The van der Waals surface area contributed by atoms with Gasteiger partial charge in [-0.15, -0.1) is 0 Å². The molecule has 2 atom stereocenters. The third-order valence-corrected chi connectivity index (χ3v) is 3.26. The van der Waals surface area contributed by atoms with Crippen molar-refractivity contribution in [2.45, 2.75) is 59.0 Å². The van der Waals surface area contributed by atoms with Crippen molar-refractivity contribution in [3.05, 3.63) is 12.2 Å². The Morgan fingerprint density at radius 3 is 2.53 bits per heavy atom. The van der Waals surface area contributed by atoms with Gasteiger partial charge in [-0.3, -0.25) is 4.79 Å². The minimum atomic E-state index is 0.0296. The number of hydrogen-bond donors (Lipinski definition) is 1. The topological polar surface area (TPSA) is 46.3 Å². The molecule has 0 radical (unpaired) electrons. The monoisotopic (exact) mass is 238 g/mol. The number of likely N-dealkylation sites (tertiary alicyclic amines) is 1. The highest BCUT2D eigenvalue weighted by atomic mass is 16.2. The van der Waals surface area contributed by atoms with Crippen molar-refractivity contribution in [3.8, 4) is 0 Å². The predicted octanol–water partition coefficient (Wildman–Crippen LogP) is 2.32. The summed E-state index contributed by atoms with van der Waals surface area (Å²) in [4.78, 5) is 14.2. The van der Waals surface area contributed by atoms with E-state index in [1.165, 1.54) is 0 Å². The first-order valence-electron chi connectivity index (χ1n) is 6.47. The van der Waals surface area contributed by atoms with Crippen LogP contribution in [0.3, 0.4) is 0 Å². The van der Waals surface area contributed by atoms with Crippen LogP contribution in [0.25, 0.3) is 0 Å². The Morgan fingerprint density at radius 1 is 1.47 bits per heavy atom. The quantitative estimate of drug-likeness (QED) is 0.767. The maximum atomic E-state index is 12.3. The van der Waals surface area contributed by atoms with Crippen LogP contribution in [0.15, 0.2) is 12.2 Å². The lowest BCUT2D eigenvalue weighted by Gasteiger charge is -2.29. The summed E-state index contributed by atoms with van der Waals surface area (Å²) in [7, 11) is 0. The van der Waals surface area contributed by atoms with Gasteiger partial charge in [0, 0.05) is 19.0 Å². The fourth-order valence-corrected chi connectivity index (χ4v) is 2.32. The van der Waals surface area contributed by atoms with Gasteiger partial charge >= 0.3 is 0 Å². The zero-order valence-electron chi connectivity index (χ0n) is 11.6. The SMILES string of the molecule is C=C(CC)C1CC(N)CN1C(=O)CC(C)(C)C. The third-order valence-electron chi connectivity index (χ3n) is 3.26. The standard InChI is InChI=1S/C14H26N2O/c1-6-10(2)12-7-11(15)9-16(12)13(17)8-14(3,4)5/h11-12H,2,6-9,15H2,1,3-5H3. The van der Waals surface area contributed by atoms with Crippen molar-refractivity contribution in [2.75, 3.05) is 6.54 Å².